The molecular formula is C11H14BrNO. The quantitative estimate of drug-likeness (QED) is 0.897. The minimum absolute atomic E-state index is 0.402. The zero-order chi connectivity index (χ0) is 9.80. The van der Waals surface area contributed by atoms with Crippen molar-refractivity contribution < 1.29 is 4.74 Å². The highest BCUT2D eigenvalue weighted by Gasteiger charge is 2.14. The highest BCUT2D eigenvalue weighted by molar-refractivity contribution is 9.10. The van der Waals surface area contributed by atoms with Crippen molar-refractivity contribution in [1.82, 2.24) is 0 Å². The second kappa shape index (κ2) is 4.80. The van der Waals surface area contributed by atoms with E-state index in [0.717, 1.165) is 23.3 Å². The van der Waals surface area contributed by atoms with Crippen molar-refractivity contribution in [3.63, 3.8) is 0 Å². The number of nitrogens with one attached hydrogen (secondary N) is 1. The topological polar surface area (TPSA) is 21.3 Å². The van der Waals surface area contributed by atoms with Crippen LogP contribution in [0.25, 0.3) is 0 Å². The van der Waals surface area contributed by atoms with E-state index in [2.05, 4.69) is 33.4 Å². The van der Waals surface area contributed by atoms with E-state index in [4.69, 9.17) is 4.74 Å². The van der Waals surface area contributed by atoms with Gasteiger partial charge in [-0.2, -0.15) is 0 Å². The molecule has 0 unspecified atom stereocenters. The van der Waals surface area contributed by atoms with Crippen LogP contribution in [0.2, 0.25) is 0 Å². The SMILES string of the molecule is Brc1ccc(NC[C@H]2CCCO2)cc1. The van der Waals surface area contributed by atoms with Crippen molar-refractivity contribution in [2.24, 2.45) is 0 Å². The molecule has 1 aliphatic heterocycles. The van der Waals surface area contributed by atoms with Crippen molar-refractivity contribution in [3.05, 3.63) is 28.7 Å². The molecule has 0 aliphatic carbocycles. The van der Waals surface area contributed by atoms with Crippen LogP contribution in [-0.4, -0.2) is 19.3 Å². The third-order valence-corrected chi connectivity index (χ3v) is 2.93. The molecule has 1 aliphatic rings. The zero-order valence-electron chi connectivity index (χ0n) is 8.00. The summed E-state index contributed by atoms with van der Waals surface area (Å²) in [6.07, 6.45) is 2.79. The van der Waals surface area contributed by atoms with Gasteiger partial charge in [0.1, 0.15) is 0 Å². The summed E-state index contributed by atoms with van der Waals surface area (Å²) in [5.41, 5.74) is 1.16. The normalized spacial score (nSPS) is 21.1. The molecule has 2 nitrogen and oxygen atoms in total. The van der Waals surface area contributed by atoms with E-state index in [-0.39, 0.29) is 0 Å². The van der Waals surface area contributed by atoms with Gasteiger partial charge in [-0.3, -0.25) is 0 Å². The van der Waals surface area contributed by atoms with E-state index in [0.29, 0.717) is 6.10 Å². The first-order valence-corrected chi connectivity index (χ1v) is 5.75. The van der Waals surface area contributed by atoms with Crippen molar-refractivity contribution in [2.45, 2.75) is 18.9 Å². The minimum atomic E-state index is 0.402. The van der Waals surface area contributed by atoms with E-state index >= 15 is 0 Å². The van der Waals surface area contributed by atoms with Crippen LogP contribution < -0.4 is 5.32 Å². The lowest BCUT2D eigenvalue weighted by Gasteiger charge is -2.11. The van der Waals surface area contributed by atoms with E-state index in [1.54, 1.807) is 0 Å². The molecule has 0 spiro atoms. The van der Waals surface area contributed by atoms with Crippen LogP contribution in [0, 0.1) is 0 Å². The lowest BCUT2D eigenvalue weighted by molar-refractivity contribution is 0.120. The number of benzene rings is 1. The molecule has 14 heavy (non-hydrogen) atoms. The Morgan fingerprint density at radius 1 is 1.36 bits per heavy atom. The van der Waals surface area contributed by atoms with E-state index in [9.17, 15) is 0 Å². The van der Waals surface area contributed by atoms with Crippen LogP contribution in [0.15, 0.2) is 28.7 Å². The first-order chi connectivity index (χ1) is 6.84. The highest BCUT2D eigenvalue weighted by Crippen LogP contribution is 2.16. The number of halogens is 1. The molecular weight excluding hydrogens is 242 g/mol. The predicted octanol–water partition coefficient (Wildman–Crippen LogP) is 3.04. The predicted molar refractivity (Wildman–Crippen MR) is 61.6 cm³/mol. The van der Waals surface area contributed by atoms with Crippen LogP contribution in [0.4, 0.5) is 5.69 Å². The fourth-order valence-electron chi connectivity index (χ4n) is 1.60. The summed E-state index contributed by atoms with van der Waals surface area (Å²) in [7, 11) is 0. The molecule has 1 N–H and O–H groups in total. The molecule has 2 rings (SSSR count). The maximum Gasteiger partial charge on any atom is 0.0748 e. The Morgan fingerprint density at radius 2 is 2.14 bits per heavy atom. The van der Waals surface area contributed by atoms with Crippen LogP contribution in [0.1, 0.15) is 12.8 Å². The Bertz CT molecular complexity index is 280. The molecule has 0 radical (unpaired) electrons. The number of hydrogen-bond donors (Lipinski definition) is 1. The first kappa shape index (κ1) is 9.99. The lowest BCUT2D eigenvalue weighted by atomic mass is 10.2. The Morgan fingerprint density at radius 3 is 2.79 bits per heavy atom. The van der Waals surface area contributed by atoms with Gasteiger partial charge in [-0.1, -0.05) is 15.9 Å². The van der Waals surface area contributed by atoms with Crippen molar-refractivity contribution >= 4 is 21.6 Å². The molecule has 1 saturated heterocycles. The molecule has 1 aromatic rings. The van der Waals surface area contributed by atoms with E-state index < -0.39 is 0 Å². The summed E-state index contributed by atoms with van der Waals surface area (Å²) in [4.78, 5) is 0. The largest absolute Gasteiger partial charge is 0.382 e. The molecule has 3 heteroatoms. The average Bonchev–Trinajstić information content (AvgIpc) is 2.70. The Hall–Kier alpha value is -0.540. The molecule has 76 valence electrons. The second-order valence-corrected chi connectivity index (χ2v) is 4.44. The Labute approximate surface area is 92.8 Å². The fraction of sp³-hybridized carbons (Fsp3) is 0.455. The summed E-state index contributed by atoms with van der Waals surface area (Å²) >= 11 is 3.41. The third-order valence-electron chi connectivity index (χ3n) is 2.40. The van der Waals surface area contributed by atoms with Gasteiger partial charge < -0.3 is 10.1 Å². The van der Waals surface area contributed by atoms with Crippen molar-refractivity contribution in [1.29, 1.82) is 0 Å². The van der Waals surface area contributed by atoms with Gasteiger partial charge in [0, 0.05) is 23.3 Å². The summed E-state index contributed by atoms with van der Waals surface area (Å²) in [5, 5.41) is 3.37. The number of hydrogen-bond acceptors (Lipinski definition) is 2. The monoisotopic (exact) mass is 255 g/mol. The number of anilines is 1. The Balaban J connectivity index is 1.82. The molecule has 0 saturated carbocycles. The lowest BCUT2D eigenvalue weighted by Crippen LogP contribution is -2.18. The second-order valence-electron chi connectivity index (χ2n) is 3.52. The van der Waals surface area contributed by atoms with Gasteiger partial charge in [-0.15, -0.1) is 0 Å². The van der Waals surface area contributed by atoms with Crippen LogP contribution in [0.5, 0.6) is 0 Å². The van der Waals surface area contributed by atoms with E-state index in [1.165, 1.54) is 12.8 Å². The minimum Gasteiger partial charge on any atom is -0.382 e. The standard InChI is InChI=1S/C11H14BrNO/c12-9-3-5-10(6-4-9)13-8-11-2-1-7-14-11/h3-6,11,13H,1-2,7-8H2/t11-/m1/s1. The molecule has 1 aromatic carbocycles. The molecule has 1 fully saturated rings. The van der Waals surface area contributed by atoms with Crippen molar-refractivity contribution in [3.8, 4) is 0 Å². The van der Waals surface area contributed by atoms with Crippen LogP contribution in [0.3, 0.4) is 0 Å². The maximum absolute atomic E-state index is 5.53. The average molecular weight is 256 g/mol. The molecule has 0 bridgehead atoms. The smallest absolute Gasteiger partial charge is 0.0748 e. The highest BCUT2D eigenvalue weighted by atomic mass is 79.9. The van der Waals surface area contributed by atoms with E-state index in [1.807, 2.05) is 12.1 Å². The molecule has 1 heterocycles. The van der Waals surface area contributed by atoms with Crippen molar-refractivity contribution in [2.75, 3.05) is 18.5 Å². The first-order valence-electron chi connectivity index (χ1n) is 4.95. The van der Waals surface area contributed by atoms with Gasteiger partial charge in [0.25, 0.3) is 0 Å². The molecule has 0 aromatic heterocycles. The number of rotatable bonds is 3. The van der Waals surface area contributed by atoms with Gasteiger partial charge >= 0.3 is 0 Å². The summed E-state index contributed by atoms with van der Waals surface area (Å²) in [6.45, 7) is 1.84. The van der Waals surface area contributed by atoms with Gasteiger partial charge in [-0.25, -0.2) is 0 Å². The zero-order valence-corrected chi connectivity index (χ0v) is 9.59. The Kier molecular flexibility index (Phi) is 3.43. The molecule has 1 atom stereocenters. The fourth-order valence-corrected chi connectivity index (χ4v) is 1.87. The third kappa shape index (κ3) is 2.72. The van der Waals surface area contributed by atoms with Gasteiger partial charge in [-0.05, 0) is 37.1 Å². The van der Waals surface area contributed by atoms with Gasteiger partial charge in [0.05, 0.1) is 6.10 Å². The summed E-state index contributed by atoms with van der Waals surface area (Å²) in [5.74, 6) is 0. The molecule has 0 amide bonds. The van der Waals surface area contributed by atoms with Crippen LogP contribution >= 0.6 is 15.9 Å². The summed E-state index contributed by atoms with van der Waals surface area (Å²) < 4.78 is 6.64. The van der Waals surface area contributed by atoms with Gasteiger partial charge in [0.15, 0.2) is 0 Å². The summed E-state index contributed by atoms with van der Waals surface area (Å²) in [6, 6.07) is 8.22. The maximum atomic E-state index is 5.53. The van der Waals surface area contributed by atoms with Gasteiger partial charge in [0.2, 0.25) is 0 Å². The van der Waals surface area contributed by atoms with Crippen LogP contribution in [-0.2, 0) is 4.74 Å². The number of ether oxygens (including phenoxy) is 1.